The van der Waals surface area contributed by atoms with Gasteiger partial charge < -0.3 is 10.3 Å². The van der Waals surface area contributed by atoms with Crippen LogP contribution >= 0.6 is 11.3 Å². The summed E-state index contributed by atoms with van der Waals surface area (Å²) in [6, 6.07) is 20.6. The van der Waals surface area contributed by atoms with Crippen molar-refractivity contribution < 1.29 is 4.39 Å². The third-order valence-electron chi connectivity index (χ3n) is 6.53. The van der Waals surface area contributed by atoms with Gasteiger partial charge in [0.05, 0.1) is 21.8 Å². The van der Waals surface area contributed by atoms with E-state index in [2.05, 4.69) is 65.8 Å². The standard InChI is InChI=1S/C29H28FN3S/c1-17-12-13-24(30)28-27(17)21(18(2)33-28)14-15-32-19(3)29-25(31-4)16-26(34-29)23-11-7-9-20-8-5-6-10-22(20)23/h5-13,16,31,33H,14-15H2,1-4H3. The summed E-state index contributed by atoms with van der Waals surface area (Å²) >= 11 is 1.77. The van der Waals surface area contributed by atoms with Gasteiger partial charge in [-0.1, -0.05) is 48.5 Å². The second-order valence-electron chi connectivity index (χ2n) is 8.69. The third kappa shape index (κ3) is 3.90. The molecule has 0 radical (unpaired) electrons. The number of aromatic amines is 1. The predicted octanol–water partition coefficient (Wildman–Crippen LogP) is 7.90. The molecule has 0 bridgehead atoms. The van der Waals surface area contributed by atoms with Gasteiger partial charge in [-0.2, -0.15) is 0 Å². The first-order chi connectivity index (χ1) is 16.5. The van der Waals surface area contributed by atoms with Crippen LogP contribution in [0, 0.1) is 19.7 Å². The van der Waals surface area contributed by atoms with Crippen molar-refractivity contribution >= 4 is 44.4 Å². The molecule has 5 heteroatoms. The average Bonchev–Trinajstić information content (AvgIpc) is 3.43. The van der Waals surface area contributed by atoms with Crippen molar-refractivity contribution in [1.29, 1.82) is 0 Å². The van der Waals surface area contributed by atoms with Crippen LogP contribution in [-0.4, -0.2) is 24.3 Å². The van der Waals surface area contributed by atoms with E-state index >= 15 is 0 Å². The molecule has 0 aliphatic rings. The van der Waals surface area contributed by atoms with Crippen LogP contribution in [0.1, 0.15) is 28.6 Å². The number of fused-ring (bicyclic) bond motifs is 2. The van der Waals surface area contributed by atoms with E-state index in [1.807, 2.05) is 27.0 Å². The van der Waals surface area contributed by atoms with Gasteiger partial charge in [0.1, 0.15) is 5.82 Å². The molecule has 2 aromatic heterocycles. The second-order valence-corrected chi connectivity index (χ2v) is 9.74. The van der Waals surface area contributed by atoms with Crippen LogP contribution in [0.4, 0.5) is 10.1 Å². The molecular formula is C29H28FN3S. The maximum atomic E-state index is 14.3. The van der Waals surface area contributed by atoms with E-state index in [1.54, 1.807) is 11.3 Å². The number of benzene rings is 3. The van der Waals surface area contributed by atoms with Crippen molar-refractivity contribution in [3.8, 4) is 10.4 Å². The highest BCUT2D eigenvalue weighted by Gasteiger charge is 2.16. The van der Waals surface area contributed by atoms with Crippen LogP contribution in [0.15, 0.2) is 65.7 Å². The van der Waals surface area contributed by atoms with Gasteiger partial charge in [0.25, 0.3) is 0 Å². The number of thiophene rings is 1. The number of hydrogen-bond donors (Lipinski definition) is 2. The molecule has 5 aromatic rings. The number of aromatic nitrogens is 1. The fraction of sp³-hybridized carbons (Fsp3) is 0.207. The van der Waals surface area contributed by atoms with Crippen LogP contribution in [0.5, 0.6) is 0 Å². The van der Waals surface area contributed by atoms with Gasteiger partial charge in [0.2, 0.25) is 0 Å². The quantitative estimate of drug-likeness (QED) is 0.244. The summed E-state index contributed by atoms with van der Waals surface area (Å²) in [7, 11) is 1.96. The number of nitrogens with zero attached hydrogens (tertiary/aromatic N) is 1. The second kappa shape index (κ2) is 9.07. The molecule has 5 rings (SSSR count). The molecule has 0 atom stereocenters. The highest BCUT2D eigenvalue weighted by molar-refractivity contribution is 7.18. The Morgan fingerprint density at radius 3 is 2.68 bits per heavy atom. The number of rotatable bonds is 6. The molecule has 0 amide bonds. The summed E-state index contributed by atoms with van der Waals surface area (Å²) in [5.41, 5.74) is 7.21. The smallest absolute Gasteiger partial charge is 0.147 e. The summed E-state index contributed by atoms with van der Waals surface area (Å²) < 4.78 is 14.3. The van der Waals surface area contributed by atoms with Gasteiger partial charge in [0, 0.05) is 29.5 Å². The van der Waals surface area contributed by atoms with Crippen LogP contribution in [0.25, 0.3) is 32.1 Å². The zero-order valence-corrected chi connectivity index (χ0v) is 20.7. The zero-order valence-electron chi connectivity index (χ0n) is 19.9. The molecule has 0 fully saturated rings. The molecule has 3 nitrogen and oxygen atoms in total. The van der Waals surface area contributed by atoms with E-state index in [0.29, 0.717) is 12.1 Å². The molecule has 0 saturated heterocycles. The van der Waals surface area contributed by atoms with E-state index in [-0.39, 0.29) is 5.82 Å². The maximum absolute atomic E-state index is 14.3. The summed E-state index contributed by atoms with van der Waals surface area (Å²) in [5, 5.41) is 6.84. The Hall–Kier alpha value is -3.44. The Morgan fingerprint density at radius 2 is 1.85 bits per heavy atom. The molecule has 0 aliphatic heterocycles. The number of aryl methyl sites for hydroxylation is 2. The molecule has 0 spiro atoms. The summed E-state index contributed by atoms with van der Waals surface area (Å²) in [5.74, 6) is -0.201. The van der Waals surface area contributed by atoms with Crippen LogP contribution in [-0.2, 0) is 6.42 Å². The Labute approximate surface area is 203 Å². The number of hydrogen-bond acceptors (Lipinski definition) is 3. The average molecular weight is 470 g/mol. The van der Waals surface area contributed by atoms with Crippen molar-refractivity contribution in [3.05, 3.63) is 88.2 Å². The summed E-state index contributed by atoms with van der Waals surface area (Å²) in [6.07, 6.45) is 0.768. The summed E-state index contributed by atoms with van der Waals surface area (Å²) in [6.45, 7) is 6.78. The lowest BCUT2D eigenvalue weighted by molar-refractivity contribution is 0.637. The lowest BCUT2D eigenvalue weighted by atomic mass is 10.0. The van der Waals surface area contributed by atoms with Crippen LogP contribution in [0.2, 0.25) is 0 Å². The molecule has 172 valence electrons. The monoisotopic (exact) mass is 469 g/mol. The number of halogens is 1. The minimum Gasteiger partial charge on any atom is -0.387 e. The molecule has 0 unspecified atom stereocenters. The minimum atomic E-state index is -0.201. The Bertz CT molecular complexity index is 1540. The number of anilines is 1. The molecule has 0 saturated carbocycles. The lowest BCUT2D eigenvalue weighted by Crippen LogP contribution is -2.00. The molecule has 2 heterocycles. The zero-order chi connectivity index (χ0) is 23.8. The van der Waals surface area contributed by atoms with Gasteiger partial charge in [-0.25, -0.2) is 4.39 Å². The molecular weight excluding hydrogens is 441 g/mol. The third-order valence-corrected chi connectivity index (χ3v) is 7.80. The molecule has 0 aliphatic carbocycles. The highest BCUT2D eigenvalue weighted by Crippen LogP contribution is 2.38. The van der Waals surface area contributed by atoms with Gasteiger partial charge in [0.15, 0.2) is 0 Å². The first-order valence-electron chi connectivity index (χ1n) is 11.6. The van der Waals surface area contributed by atoms with Crippen molar-refractivity contribution in [3.63, 3.8) is 0 Å². The Morgan fingerprint density at radius 1 is 1.06 bits per heavy atom. The van der Waals surface area contributed by atoms with Gasteiger partial charge in [-0.15, -0.1) is 11.3 Å². The van der Waals surface area contributed by atoms with Gasteiger partial charge in [-0.3, -0.25) is 4.99 Å². The predicted molar refractivity (Wildman–Crippen MR) is 145 cm³/mol. The lowest BCUT2D eigenvalue weighted by Gasteiger charge is -2.05. The SMILES string of the molecule is CNc1cc(-c2cccc3ccccc23)sc1C(C)=NCCc1c(C)[nH]c2c(F)ccc(C)c12. The van der Waals surface area contributed by atoms with E-state index in [9.17, 15) is 4.39 Å². The van der Waals surface area contributed by atoms with Gasteiger partial charge in [-0.05, 0) is 66.8 Å². The first-order valence-corrected chi connectivity index (χ1v) is 12.4. The van der Waals surface area contributed by atoms with Crippen molar-refractivity contribution in [2.75, 3.05) is 18.9 Å². The number of nitrogens with one attached hydrogen (secondary N) is 2. The van der Waals surface area contributed by atoms with E-state index in [1.165, 1.54) is 27.3 Å². The van der Waals surface area contributed by atoms with E-state index in [0.717, 1.165) is 44.9 Å². The summed E-state index contributed by atoms with van der Waals surface area (Å²) in [4.78, 5) is 10.5. The number of aliphatic imine (C=N–C) groups is 1. The van der Waals surface area contributed by atoms with Crippen LogP contribution in [0.3, 0.4) is 0 Å². The Kier molecular flexibility index (Phi) is 5.96. The van der Waals surface area contributed by atoms with Crippen molar-refractivity contribution in [2.45, 2.75) is 27.2 Å². The largest absolute Gasteiger partial charge is 0.387 e. The van der Waals surface area contributed by atoms with Crippen LogP contribution < -0.4 is 5.32 Å². The van der Waals surface area contributed by atoms with Gasteiger partial charge >= 0.3 is 0 Å². The van der Waals surface area contributed by atoms with E-state index in [4.69, 9.17) is 4.99 Å². The maximum Gasteiger partial charge on any atom is 0.147 e. The molecule has 2 N–H and O–H groups in total. The first kappa shape index (κ1) is 22.4. The fourth-order valence-corrected chi connectivity index (χ4v) is 5.95. The van der Waals surface area contributed by atoms with Crippen molar-refractivity contribution in [2.24, 2.45) is 4.99 Å². The van der Waals surface area contributed by atoms with Crippen molar-refractivity contribution in [1.82, 2.24) is 4.98 Å². The minimum absolute atomic E-state index is 0.201. The normalized spacial score (nSPS) is 12.1. The number of H-pyrrole nitrogens is 1. The van der Waals surface area contributed by atoms with E-state index < -0.39 is 0 Å². The highest BCUT2D eigenvalue weighted by atomic mass is 32.1. The molecule has 3 aromatic carbocycles. The Balaban J connectivity index is 1.45. The molecule has 34 heavy (non-hydrogen) atoms. The fourth-order valence-electron chi connectivity index (χ4n) is 4.78. The topological polar surface area (TPSA) is 40.2 Å².